The zero-order valence-electron chi connectivity index (χ0n) is 17.6. The van der Waals surface area contributed by atoms with Gasteiger partial charge < -0.3 is 23.7 Å². The smallest absolute Gasteiger partial charge is 0.338 e. The van der Waals surface area contributed by atoms with Gasteiger partial charge in [0.2, 0.25) is 0 Å². The predicted octanol–water partition coefficient (Wildman–Crippen LogP) is 4.47. The van der Waals surface area contributed by atoms with E-state index in [4.69, 9.17) is 23.7 Å². The number of esters is 2. The number of methoxy groups -OCH3 is 2. The van der Waals surface area contributed by atoms with Gasteiger partial charge in [0.25, 0.3) is 0 Å². The number of hydrogen-bond acceptors (Lipinski definition) is 7. The number of rotatable bonds is 8. The van der Waals surface area contributed by atoms with E-state index in [1.807, 2.05) is 0 Å². The van der Waals surface area contributed by atoms with Crippen molar-refractivity contribution in [3.05, 3.63) is 46.5 Å². The predicted molar refractivity (Wildman–Crippen MR) is 107 cm³/mol. The Bertz CT molecular complexity index is 829. The lowest BCUT2D eigenvalue weighted by molar-refractivity contribution is 0.0515. The second kappa shape index (κ2) is 9.82. The molecule has 0 saturated heterocycles. The summed E-state index contributed by atoms with van der Waals surface area (Å²) in [6.45, 7) is 7.49. The standard InChI is InChI=1S/C22H26O7/c1-7-27-21(23)17-9-15(25-5)11-19(13(17)3)29-20-12-16(26-6)10-18(14(20)4)22(24)28-8-2/h9-12H,7-8H2,1-6H3. The normalized spacial score (nSPS) is 10.3. The van der Waals surface area contributed by atoms with E-state index in [9.17, 15) is 9.59 Å². The highest BCUT2D eigenvalue weighted by atomic mass is 16.5. The van der Waals surface area contributed by atoms with Gasteiger partial charge in [0.1, 0.15) is 23.0 Å². The van der Waals surface area contributed by atoms with Gasteiger partial charge in [-0.05, 0) is 39.8 Å². The maximum absolute atomic E-state index is 12.3. The summed E-state index contributed by atoms with van der Waals surface area (Å²) in [4.78, 5) is 24.6. The van der Waals surface area contributed by atoms with Gasteiger partial charge in [-0.3, -0.25) is 0 Å². The topological polar surface area (TPSA) is 80.3 Å². The van der Waals surface area contributed by atoms with Crippen molar-refractivity contribution in [3.8, 4) is 23.0 Å². The largest absolute Gasteiger partial charge is 0.497 e. The van der Waals surface area contributed by atoms with Crippen molar-refractivity contribution in [2.75, 3.05) is 27.4 Å². The number of hydrogen-bond donors (Lipinski definition) is 0. The average Bonchev–Trinajstić information content (AvgIpc) is 2.71. The second-order valence-electron chi connectivity index (χ2n) is 6.14. The van der Waals surface area contributed by atoms with E-state index in [1.54, 1.807) is 52.0 Å². The van der Waals surface area contributed by atoms with Gasteiger partial charge in [0, 0.05) is 23.3 Å². The minimum Gasteiger partial charge on any atom is -0.497 e. The van der Waals surface area contributed by atoms with Crippen molar-refractivity contribution in [2.24, 2.45) is 0 Å². The van der Waals surface area contributed by atoms with Crippen LogP contribution >= 0.6 is 0 Å². The number of carbonyl (C=O) groups is 2. The van der Waals surface area contributed by atoms with E-state index in [0.717, 1.165) is 0 Å². The van der Waals surface area contributed by atoms with Crippen LogP contribution < -0.4 is 14.2 Å². The SMILES string of the molecule is CCOC(=O)c1cc(OC)cc(Oc2cc(OC)cc(C(=O)OCC)c2C)c1C. The molecule has 0 unspecified atom stereocenters. The first-order valence-electron chi connectivity index (χ1n) is 9.25. The van der Waals surface area contributed by atoms with Crippen LogP contribution in [0, 0.1) is 13.8 Å². The fourth-order valence-corrected chi connectivity index (χ4v) is 2.73. The Morgan fingerprint density at radius 2 is 1.10 bits per heavy atom. The second-order valence-corrected chi connectivity index (χ2v) is 6.14. The molecule has 7 heteroatoms. The van der Waals surface area contributed by atoms with E-state index in [1.165, 1.54) is 14.2 Å². The summed E-state index contributed by atoms with van der Waals surface area (Å²) in [7, 11) is 3.00. The Morgan fingerprint density at radius 3 is 1.41 bits per heavy atom. The maximum atomic E-state index is 12.3. The lowest BCUT2D eigenvalue weighted by Crippen LogP contribution is -2.09. The Morgan fingerprint density at radius 1 is 0.724 bits per heavy atom. The molecule has 2 aromatic rings. The quantitative estimate of drug-likeness (QED) is 0.603. The van der Waals surface area contributed by atoms with Crippen LogP contribution in [-0.2, 0) is 9.47 Å². The number of benzene rings is 2. The third-order valence-electron chi connectivity index (χ3n) is 4.35. The zero-order chi connectivity index (χ0) is 21.6. The minimum atomic E-state index is -0.469. The van der Waals surface area contributed by atoms with E-state index in [-0.39, 0.29) is 13.2 Å². The Hall–Kier alpha value is -3.22. The van der Waals surface area contributed by atoms with E-state index in [2.05, 4.69) is 0 Å². The molecule has 0 fully saturated rings. The molecule has 0 aliphatic carbocycles. The number of carbonyl (C=O) groups excluding carboxylic acids is 2. The molecule has 2 aromatic carbocycles. The Kier molecular flexibility index (Phi) is 7.47. The summed E-state index contributed by atoms with van der Waals surface area (Å²) < 4.78 is 26.9. The molecule has 156 valence electrons. The van der Waals surface area contributed by atoms with E-state index < -0.39 is 11.9 Å². The van der Waals surface area contributed by atoms with Gasteiger partial charge in [0.15, 0.2) is 0 Å². The average molecular weight is 402 g/mol. The monoisotopic (exact) mass is 402 g/mol. The highest BCUT2D eigenvalue weighted by Gasteiger charge is 2.20. The van der Waals surface area contributed by atoms with Crippen molar-refractivity contribution in [1.82, 2.24) is 0 Å². The molecule has 0 bridgehead atoms. The number of ether oxygens (including phenoxy) is 5. The third kappa shape index (κ3) is 4.99. The van der Waals surface area contributed by atoms with Crippen molar-refractivity contribution in [2.45, 2.75) is 27.7 Å². The molecule has 0 spiro atoms. The molecule has 0 saturated carbocycles. The van der Waals surface area contributed by atoms with Gasteiger partial charge in [-0.25, -0.2) is 9.59 Å². The molecular formula is C22H26O7. The molecule has 0 amide bonds. The Labute approximate surface area is 170 Å². The van der Waals surface area contributed by atoms with Crippen LogP contribution in [0.15, 0.2) is 24.3 Å². The van der Waals surface area contributed by atoms with Gasteiger partial charge in [0.05, 0.1) is 38.6 Å². The summed E-state index contributed by atoms with van der Waals surface area (Å²) in [6.07, 6.45) is 0. The molecule has 0 radical (unpaired) electrons. The molecule has 0 aliphatic heterocycles. The first-order chi connectivity index (χ1) is 13.9. The zero-order valence-corrected chi connectivity index (χ0v) is 17.6. The molecule has 29 heavy (non-hydrogen) atoms. The summed E-state index contributed by atoms with van der Waals surface area (Å²) >= 11 is 0. The van der Waals surface area contributed by atoms with Crippen LogP contribution in [0.3, 0.4) is 0 Å². The van der Waals surface area contributed by atoms with Gasteiger partial charge >= 0.3 is 11.9 Å². The summed E-state index contributed by atoms with van der Waals surface area (Å²) in [5.74, 6) is 0.753. The molecule has 7 nitrogen and oxygen atoms in total. The molecule has 0 N–H and O–H groups in total. The molecule has 0 heterocycles. The molecule has 2 rings (SSSR count). The van der Waals surface area contributed by atoms with Crippen LogP contribution in [0.1, 0.15) is 45.7 Å². The third-order valence-corrected chi connectivity index (χ3v) is 4.35. The van der Waals surface area contributed by atoms with E-state index in [0.29, 0.717) is 45.3 Å². The van der Waals surface area contributed by atoms with Crippen LogP contribution in [0.2, 0.25) is 0 Å². The summed E-state index contributed by atoms with van der Waals surface area (Å²) in [5.41, 5.74) is 1.85. The van der Waals surface area contributed by atoms with Gasteiger partial charge in [-0.1, -0.05) is 0 Å². The Balaban J connectivity index is 2.55. The van der Waals surface area contributed by atoms with Crippen LogP contribution in [0.25, 0.3) is 0 Å². The first-order valence-corrected chi connectivity index (χ1v) is 9.25. The van der Waals surface area contributed by atoms with Crippen LogP contribution in [-0.4, -0.2) is 39.4 Å². The van der Waals surface area contributed by atoms with Gasteiger partial charge in [-0.2, -0.15) is 0 Å². The van der Waals surface area contributed by atoms with E-state index >= 15 is 0 Å². The van der Waals surface area contributed by atoms with Crippen molar-refractivity contribution in [3.63, 3.8) is 0 Å². The van der Waals surface area contributed by atoms with Crippen molar-refractivity contribution >= 4 is 11.9 Å². The molecule has 0 aromatic heterocycles. The molecule has 0 aliphatic rings. The lowest BCUT2D eigenvalue weighted by Gasteiger charge is -2.17. The molecular weight excluding hydrogens is 376 g/mol. The minimum absolute atomic E-state index is 0.254. The summed E-state index contributed by atoms with van der Waals surface area (Å²) in [5, 5.41) is 0. The van der Waals surface area contributed by atoms with Crippen LogP contribution in [0.4, 0.5) is 0 Å². The highest BCUT2D eigenvalue weighted by Crippen LogP contribution is 2.36. The van der Waals surface area contributed by atoms with Crippen LogP contribution in [0.5, 0.6) is 23.0 Å². The summed E-state index contributed by atoms with van der Waals surface area (Å²) in [6, 6.07) is 6.54. The fourth-order valence-electron chi connectivity index (χ4n) is 2.73. The fraction of sp³-hybridized carbons (Fsp3) is 0.364. The molecule has 0 atom stereocenters. The van der Waals surface area contributed by atoms with Crippen molar-refractivity contribution < 1.29 is 33.3 Å². The van der Waals surface area contributed by atoms with Gasteiger partial charge in [-0.15, -0.1) is 0 Å². The first kappa shape index (κ1) is 22.1. The lowest BCUT2D eigenvalue weighted by atomic mass is 10.1. The highest BCUT2D eigenvalue weighted by molar-refractivity contribution is 5.93. The maximum Gasteiger partial charge on any atom is 0.338 e. The van der Waals surface area contributed by atoms with Crippen molar-refractivity contribution in [1.29, 1.82) is 0 Å².